The third kappa shape index (κ3) is 4.32. The van der Waals surface area contributed by atoms with Crippen molar-refractivity contribution in [1.82, 2.24) is 29.8 Å². The Bertz CT molecular complexity index is 1690. The molecule has 2 aliphatic rings. The number of ether oxygens (including phenoxy) is 1. The first-order chi connectivity index (χ1) is 19.0. The Balaban J connectivity index is 1.33. The Kier molecular flexibility index (Phi) is 5.81. The number of aryl methyl sites for hydroxylation is 2. The van der Waals surface area contributed by atoms with Crippen molar-refractivity contribution in [3.63, 3.8) is 0 Å². The number of nitrogens with one attached hydrogen (secondary N) is 1. The fraction of sp³-hybridized carbons (Fsp3) is 0.333. The number of phenolic OH excluding ortho intramolecular Hbond substituents is 1. The van der Waals surface area contributed by atoms with E-state index in [1.165, 1.54) is 12.8 Å². The van der Waals surface area contributed by atoms with Crippen molar-refractivity contribution in [2.45, 2.75) is 38.3 Å². The Hall–Kier alpha value is -4.24. The summed E-state index contributed by atoms with van der Waals surface area (Å²) in [4.78, 5) is 21.5. The molecule has 2 aliphatic heterocycles. The maximum atomic E-state index is 10.5. The molecule has 9 nitrogen and oxygen atoms in total. The van der Waals surface area contributed by atoms with Crippen LogP contribution in [0.3, 0.4) is 0 Å². The van der Waals surface area contributed by atoms with E-state index in [1.54, 1.807) is 18.3 Å². The first kappa shape index (κ1) is 23.8. The largest absolute Gasteiger partial charge is 0.508 e. The number of rotatable bonds is 6. The lowest BCUT2D eigenvalue weighted by molar-refractivity contribution is 0.293. The minimum Gasteiger partial charge on any atom is -0.508 e. The molecule has 0 amide bonds. The number of hydrogen-bond donors (Lipinski definition) is 2. The van der Waals surface area contributed by atoms with E-state index in [2.05, 4.69) is 21.3 Å². The molecular weight excluding hydrogens is 490 g/mol. The van der Waals surface area contributed by atoms with Gasteiger partial charge in [-0.05, 0) is 42.7 Å². The molecule has 2 unspecified atom stereocenters. The third-order valence-corrected chi connectivity index (χ3v) is 8.03. The van der Waals surface area contributed by atoms with Gasteiger partial charge in [-0.25, -0.2) is 4.98 Å². The Labute approximate surface area is 226 Å². The van der Waals surface area contributed by atoms with Crippen LogP contribution in [-0.2, 0) is 13.5 Å². The zero-order valence-electron chi connectivity index (χ0n) is 22.1. The van der Waals surface area contributed by atoms with E-state index in [1.807, 2.05) is 49.1 Å². The van der Waals surface area contributed by atoms with E-state index in [-0.39, 0.29) is 5.75 Å². The molecule has 0 saturated carbocycles. The van der Waals surface area contributed by atoms with Crippen LogP contribution in [0.2, 0.25) is 0 Å². The number of phenols is 1. The summed E-state index contributed by atoms with van der Waals surface area (Å²) in [5, 5.41) is 17.1. The van der Waals surface area contributed by atoms with Crippen LogP contribution < -0.4 is 15.0 Å². The summed E-state index contributed by atoms with van der Waals surface area (Å²) < 4.78 is 8.15. The molecule has 39 heavy (non-hydrogen) atoms. The van der Waals surface area contributed by atoms with Crippen LogP contribution in [0.5, 0.6) is 11.8 Å². The van der Waals surface area contributed by atoms with Gasteiger partial charge in [0.1, 0.15) is 17.4 Å². The highest BCUT2D eigenvalue weighted by Gasteiger charge is 2.34. The van der Waals surface area contributed by atoms with Crippen molar-refractivity contribution in [2.24, 2.45) is 7.05 Å². The summed E-state index contributed by atoms with van der Waals surface area (Å²) in [5.74, 6) is 2.03. The Morgan fingerprint density at radius 1 is 1.05 bits per heavy atom. The average Bonchev–Trinajstić information content (AvgIpc) is 3.51. The summed E-state index contributed by atoms with van der Waals surface area (Å²) in [7, 11) is 1.98. The second kappa shape index (κ2) is 9.50. The number of aromatic nitrogens is 5. The number of anilines is 1. The molecule has 9 heteroatoms. The molecule has 2 N–H and O–H groups in total. The molecule has 7 rings (SSSR count). The highest BCUT2D eigenvalue weighted by molar-refractivity contribution is 6.01. The molecule has 2 bridgehead atoms. The van der Waals surface area contributed by atoms with E-state index in [0.717, 1.165) is 63.2 Å². The molecule has 3 aromatic heterocycles. The standard InChI is InChI=1S/C30H31N7O2/c1-18-27(24-14-22(38)13-19-5-3-4-6-23(19)24)32-15-25-28(18)34-30(39-12-9-26-31-10-11-36(26)2)35-29(25)37-16-20-7-8-21(17-37)33-20/h3-6,10-11,13-15,20-21,33,38H,7-9,12,16-17H2,1-2H3. The number of benzene rings is 2. The predicted octanol–water partition coefficient (Wildman–Crippen LogP) is 4.15. The van der Waals surface area contributed by atoms with Gasteiger partial charge >= 0.3 is 6.01 Å². The quantitative estimate of drug-likeness (QED) is 0.344. The lowest BCUT2D eigenvalue weighted by atomic mass is 9.97. The van der Waals surface area contributed by atoms with E-state index in [0.29, 0.717) is 31.1 Å². The van der Waals surface area contributed by atoms with Gasteiger partial charge in [0.15, 0.2) is 0 Å². The molecule has 198 valence electrons. The van der Waals surface area contributed by atoms with Gasteiger partial charge in [-0.2, -0.15) is 9.97 Å². The molecule has 2 aromatic carbocycles. The molecule has 2 fully saturated rings. The summed E-state index contributed by atoms with van der Waals surface area (Å²) >= 11 is 0. The number of nitrogens with zero attached hydrogens (tertiary/aromatic N) is 6. The van der Waals surface area contributed by atoms with Crippen molar-refractivity contribution in [1.29, 1.82) is 0 Å². The van der Waals surface area contributed by atoms with Gasteiger partial charge < -0.3 is 24.6 Å². The highest BCUT2D eigenvalue weighted by atomic mass is 16.5. The topological polar surface area (TPSA) is 101 Å². The fourth-order valence-electron chi connectivity index (χ4n) is 6.09. The number of piperazine rings is 1. The van der Waals surface area contributed by atoms with Gasteiger partial charge in [-0.3, -0.25) is 4.98 Å². The van der Waals surface area contributed by atoms with Crippen LogP contribution in [0.1, 0.15) is 24.2 Å². The zero-order valence-corrected chi connectivity index (χ0v) is 22.1. The van der Waals surface area contributed by atoms with E-state index in [9.17, 15) is 5.11 Å². The summed E-state index contributed by atoms with van der Waals surface area (Å²) in [6, 6.07) is 12.9. The van der Waals surface area contributed by atoms with Crippen LogP contribution in [0.25, 0.3) is 32.9 Å². The van der Waals surface area contributed by atoms with Crippen molar-refractivity contribution >= 4 is 27.5 Å². The van der Waals surface area contributed by atoms with Crippen LogP contribution in [0.4, 0.5) is 5.82 Å². The van der Waals surface area contributed by atoms with Gasteiger partial charge in [0.05, 0.1) is 23.2 Å². The molecule has 2 saturated heterocycles. The van der Waals surface area contributed by atoms with E-state index >= 15 is 0 Å². The first-order valence-electron chi connectivity index (χ1n) is 13.5. The minimum atomic E-state index is 0.211. The Morgan fingerprint density at radius 2 is 1.87 bits per heavy atom. The lowest BCUT2D eigenvalue weighted by Crippen LogP contribution is -2.51. The lowest BCUT2D eigenvalue weighted by Gasteiger charge is -2.34. The average molecular weight is 522 g/mol. The van der Waals surface area contributed by atoms with Crippen LogP contribution in [0, 0.1) is 6.92 Å². The summed E-state index contributed by atoms with van der Waals surface area (Å²) in [6.45, 7) is 4.26. The van der Waals surface area contributed by atoms with Gasteiger partial charge in [-0.15, -0.1) is 0 Å². The van der Waals surface area contributed by atoms with Crippen molar-refractivity contribution in [2.75, 3.05) is 24.6 Å². The second-order valence-corrected chi connectivity index (χ2v) is 10.6. The molecule has 0 radical (unpaired) electrons. The zero-order chi connectivity index (χ0) is 26.5. The molecule has 0 spiro atoms. The summed E-state index contributed by atoms with van der Waals surface area (Å²) in [6.07, 6.45) is 8.64. The number of fused-ring (bicyclic) bond motifs is 4. The Morgan fingerprint density at radius 3 is 2.67 bits per heavy atom. The van der Waals surface area contributed by atoms with Crippen LogP contribution in [0.15, 0.2) is 55.0 Å². The number of aromatic hydroxyl groups is 1. The van der Waals surface area contributed by atoms with E-state index < -0.39 is 0 Å². The molecule has 5 aromatic rings. The maximum absolute atomic E-state index is 10.5. The fourth-order valence-corrected chi connectivity index (χ4v) is 6.09. The minimum absolute atomic E-state index is 0.211. The van der Waals surface area contributed by atoms with Crippen molar-refractivity contribution in [3.05, 3.63) is 66.4 Å². The molecule has 2 atom stereocenters. The molecule has 5 heterocycles. The van der Waals surface area contributed by atoms with Gasteiger partial charge in [0.2, 0.25) is 0 Å². The number of pyridine rings is 1. The number of hydrogen-bond acceptors (Lipinski definition) is 8. The second-order valence-electron chi connectivity index (χ2n) is 10.6. The summed E-state index contributed by atoms with van der Waals surface area (Å²) in [5.41, 5.74) is 3.41. The van der Waals surface area contributed by atoms with Crippen molar-refractivity contribution in [3.8, 4) is 23.0 Å². The molecule has 0 aliphatic carbocycles. The van der Waals surface area contributed by atoms with Crippen LogP contribution in [-0.4, -0.2) is 61.4 Å². The first-order valence-corrected chi connectivity index (χ1v) is 13.5. The van der Waals surface area contributed by atoms with Gasteiger partial charge in [0.25, 0.3) is 0 Å². The van der Waals surface area contributed by atoms with Gasteiger partial charge in [-0.1, -0.05) is 24.3 Å². The maximum Gasteiger partial charge on any atom is 0.318 e. The predicted molar refractivity (Wildman–Crippen MR) is 151 cm³/mol. The smallest absolute Gasteiger partial charge is 0.318 e. The van der Waals surface area contributed by atoms with Gasteiger partial charge in [0, 0.05) is 68.4 Å². The third-order valence-electron chi connectivity index (χ3n) is 8.03. The highest BCUT2D eigenvalue weighted by Crippen LogP contribution is 2.38. The molecular formula is C30H31N7O2. The van der Waals surface area contributed by atoms with E-state index in [4.69, 9.17) is 19.7 Å². The van der Waals surface area contributed by atoms with Crippen molar-refractivity contribution < 1.29 is 9.84 Å². The normalized spacial score (nSPS) is 18.8. The van der Waals surface area contributed by atoms with Crippen LogP contribution >= 0.6 is 0 Å². The SMILES string of the molecule is Cc1c(-c2cc(O)cc3ccccc23)ncc2c(N3CC4CCC(C3)N4)nc(OCCc3nccn3C)nc12. The number of imidazole rings is 1. The monoisotopic (exact) mass is 521 g/mol.